The van der Waals surface area contributed by atoms with Gasteiger partial charge in [-0.3, -0.25) is 0 Å². The van der Waals surface area contributed by atoms with Gasteiger partial charge < -0.3 is 9.47 Å². The number of rotatable bonds is 6. The van der Waals surface area contributed by atoms with Crippen LogP contribution in [0, 0.1) is 0 Å². The van der Waals surface area contributed by atoms with E-state index in [0.29, 0.717) is 0 Å². The van der Waals surface area contributed by atoms with Crippen LogP contribution in [0.25, 0.3) is 0 Å². The summed E-state index contributed by atoms with van der Waals surface area (Å²) >= 11 is 0. The fourth-order valence-electron chi connectivity index (χ4n) is 0.805. The normalized spacial score (nSPS) is 14.8. The summed E-state index contributed by atoms with van der Waals surface area (Å²) in [7, 11) is 0. The second kappa shape index (κ2) is 5.98. The lowest BCUT2D eigenvalue weighted by molar-refractivity contribution is -0.365. The molecule has 0 rings (SSSR count). The number of carbonyl (C=O) groups excluding carboxylic acids is 1. The monoisotopic (exact) mass is 312 g/mol. The Morgan fingerprint density at radius 1 is 1.15 bits per heavy atom. The number of ether oxygens (including phenoxy) is 2. The van der Waals surface area contributed by atoms with E-state index < -0.39 is 36.9 Å². The van der Waals surface area contributed by atoms with Crippen LogP contribution in [0.2, 0.25) is 0 Å². The minimum absolute atomic E-state index is 0.132. The highest BCUT2D eigenvalue weighted by atomic mass is 19.4. The van der Waals surface area contributed by atoms with Crippen LogP contribution in [-0.4, -0.2) is 36.9 Å². The Morgan fingerprint density at radius 3 is 1.95 bits per heavy atom. The highest BCUT2D eigenvalue weighted by Crippen LogP contribution is 2.46. The summed E-state index contributed by atoms with van der Waals surface area (Å²) in [5.41, 5.74) is -0.132. The zero-order chi connectivity index (χ0) is 16.4. The third kappa shape index (κ3) is 4.36. The molecule has 118 valence electrons. The quantitative estimate of drug-likeness (QED) is 0.327. The van der Waals surface area contributed by atoms with Crippen molar-refractivity contribution in [3.05, 3.63) is 12.2 Å². The smallest absolute Gasteiger partial charge is 0.433 e. The van der Waals surface area contributed by atoms with Gasteiger partial charge in [-0.05, 0) is 13.8 Å². The van der Waals surface area contributed by atoms with Gasteiger partial charge in [-0.25, -0.2) is 4.79 Å². The highest BCUT2D eigenvalue weighted by Gasteiger charge is 2.73. The van der Waals surface area contributed by atoms with Crippen molar-refractivity contribution in [2.24, 2.45) is 0 Å². The van der Waals surface area contributed by atoms with Crippen molar-refractivity contribution >= 4 is 5.97 Å². The lowest BCUT2D eigenvalue weighted by Crippen LogP contribution is -2.54. The fraction of sp³-hybridized carbons (Fsp3) is 0.700. The minimum atomic E-state index is -6.43. The third-order valence-electron chi connectivity index (χ3n) is 1.94. The zero-order valence-corrected chi connectivity index (χ0v) is 10.4. The van der Waals surface area contributed by atoms with Crippen LogP contribution in [0.5, 0.6) is 0 Å². The molecule has 0 fully saturated rings. The molecule has 0 heterocycles. The van der Waals surface area contributed by atoms with Gasteiger partial charge in [0.05, 0.1) is 0 Å². The van der Waals surface area contributed by atoms with Crippen molar-refractivity contribution in [3.63, 3.8) is 0 Å². The Balaban J connectivity index is 4.65. The Labute approximate surface area is 109 Å². The summed E-state index contributed by atoms with van der Waals surface area (Å²) in [6, 6.07) is 0. The molecule has 1 atom stereocenters. The third-order valence-corrected chi connectivity index (χ3v) is 1.94. The van der Waals surface area contributed by atoms with E-state index in [4.69, 9.17) is 0 Å². The maximum absolute atomic E-state index is 12.8. The molecule has 0 aromatic carbocycles. The van der Waals surface area contributed by atoms with Gasteiger partial charge in [0.15, 0.2) is 0 Å². The van der Waals surface area contributed by atoms with Crippen LogP contribution in [0.4, 0.5) is 30.7 Å². The molecule has 1 unspecified atom stereocenters. The van der Waals surface area contributed by atoms with Crippen LogP contribution in [0.3, 0.4) is 0 Å². The average molecular weight is 312 g/mol. The molecule has 3 nitrogen and oxygen atoms in total. The molecule has 0 N–H and O–H groups in total. The van der Waals surface area contributed by atoms with E-state index in [2.05, 4.69) is 16.1 Å². The van der Waals surface area contributed by atoms with Crippen molar-refractivity contribution in [1.29, 1.82) is 0 Å². The van der Waals surface area contributed by atoms with Gasteiger partial charge in [0, 0.05) is 5.57 Å². The SMILES string of the molecule is C=C(C)C(=O)OC(C)OCC(F)(F)C(F)(F)C(F)(F)F. The van der Waals surface area contributed by atoms with E-state index in [-0.39, 0.29) is 5.57 Å². The maximum atomic E-state index is 12.8. The molecular weight excluding hydrogens is 301 g/mol. The van der Waals surface area contributed by atoms with E-state index in [1.165, 1.54) is 6.92 Å². The van der Waals surface area contributed by atoms with E-state index in [1.54, 1.807) is 0 Å². The van der Waals surface area contributed by atoms with Gasteiger partial charge in [-0.1, -0.05) is 6.58 Å². The van der Waals surface area contributed by atoms with Crippen LogP contribution >= 0.6 is 0 Å². The molecule has 0 saturated carbocycles. The molecule has 0 aliphatic carbocycles. The molecule has 0 aliphatic rings. The second-order valence-corrected chi connectivity index (χ2v) is 3.84. The maximum Gasteiger partial charge on any atom is 0.459 e. The summed E-state index contributed by atoms with van der Waals surface area (Å²) in [6.45, 7) is 2.96. The number of esters is 1. The fourth-order valence-corrected chi connectivity index (χ4v) is 0.805. The first-order chi connectivity index (χ1) is 8.72. The predicted octanol–water partition coefficient (Wildman–Crippen LogP) is 3.30. The summed E-state index contributed by atoms with van der Waals surface area (Å²) in [5.74, 6) is -12.8. The topological polar surface area (TPSA) is 35.5 Å². The first-order valence-corrected chi connectivity index (χ1v) is 5.03. The van der Waals surface area contributed by atoms with Gasteiger partial charge in [0.25, 0.3) is 0 Å². The van der Waals surface area contributed by atoms with E-state index in [0.717, 1.165) is 6.92 Å². The lowest BCUT2D eigenvalue weighted by atomic mass is 10.2. The second-order valence-electron chi connectivity index (χ2n) is 3.84. The summed E-state index contributed by atoms with van der Waals surface area (Å²) in [4.78, 5) is 10.9. The van der Waals surface area contributed by atoms with E-state index in [1.807, 2.05) is 0 Å². The highest BCUT2D eigenvalue weighted by molar-refractivity contribution is 5.86. The molecule has 10 heteroatoms. The number of hydrogen-bond acceptors (Lipinski definition) is 3. The van der Waals surface area contributed by atoms with E-state index >= 15 is 0 Å². The minimum Gasteiger partial charge on any atom is -0.433 e. The standard InChI is InChI=1S/C10H11F7O3/c1-5(2)7(18)20-6(3)19-4-8(11,12)9(13,14)10(15,16)17/h6H,1,4H2,2-3H3. The Kier molecular flexibility index (Phi) is 5.59. The number of halogens is 7. The number of carbonyl (C=O) groups is 1. The molecular formula is C10H11F7O3. The first kappa shape index (κ1) is 18.7. The molecule has 0 aromatic heterocycles. The molecule has 0 aromatic rings. The van der Waals surface area contributed by atoms with Gasteiger partial charge in [0.2, 0.25) is 6.29 Å². The number of hydrogen-bond donors (Lipinski definition) is 0. The van der Waals surface area contributed by atoms with Gasteiger partial charge in [-0.2, -0.15) is 30.7 Å². The van der Waals surface area contributed by atoms with Gasteiger partial charge in [-0.15, -0.1) is 0 Å². The first-order valence-electron chi connectivity index (χ1n) is 5.03. The van der Waals surface area contributed by atoms with Crippen molar-refractivity contribution < 1.29 is 45.0 Å². The Hall–Kier alpha value is -1.32. The van der Waals surface area contributed by atoms with Crippen molar-refractivity contribution in [2.75, 3.05) is 6.61 Å². The van der Waals surface area contributed by atoms with Gasteiger partial charge in [0.1, 0.15) is 6.61 Å². The zero-order valence-electron chi connectivity index (χ0n) is 10.4. The largest absolute Gasteiger partial charge is 0.459 e. The summed E-state index contributed by atoms with van der Waals surface area (Å²) in [5, 5.41) is 0. The Morgan fingerprint density at radius 2 is 1.60 bits per heavy atom. The molecule has 0 bridgehead atoms. The van der Waals surface area contributed by atoms with Crippen LogP contribution in [0.1, 0.15) is 13.8 Å². The van der Waals surface area contributed by atoms with Gasteiger partial charge >= 0.3 is 24.0 Å². The summed E-state index contributed by atoms with van der Waals surface area (Å²) < 4.78 is 94.2. The van der Waals surface area contributed by atoms with Crippen molar-refractivity contribution in [2.45, 2.75) is 38.2 Å². The van der Waals surface area contributed by atoms with Crippen LogP contribution in [0.15, 0.2) is 12.2 Å². The van der Waals surface area contributed by atoms with Crippen molar-refractivity contribution in [3.8, 4) is 0 Å². The predicted molar refractivity (Wildman–Crippen MR) is 52.3 cm³/mol. The molecule has 0 aliphatic heterocycles. The van der Waals surface area contributed by atoms with Crippen molar-refractivity contribution in [1.82, 2.24) is 0 Å². The lowest BCUT2D eigenvalue weighted by Gasteiger charge is -2.28. The van der Waals surface area contributed by atoms with Crippen LogP contribution < -0.4 is 0 Å². The summed E-state index contributed by atoms with van der Waals surface area (Å²) in [6.07, 6.45) is -8.17. The molecule has 0 amide bonds. The number of alkyl halides is 7. The molecule has 0 radical (unpaired) electrons. The van der Waals surface area contributed by atoms with E-state index in [9.17, 15) is 35.5 Å². The molecule has 0 spiro atoms. The Bertz CT molecular complexity index is 376. The average Bonchev–Trinajstić information content (AvgIpc) is 2.24. The molecule has 20 heavy (non-hydrogen) atoms. The molecule has 0 saturated heterocycles. The van der Waals surface area contributed by atoms with Crippen LogP contribution in [-0.2, 0) is 14.3 Å².